The van der Waals surface area contributed by atoms with Gasteiger partial charge in [-0.05, 0) is 27.2 Å². The van der Waals surface area contributed by atoms with Gasteiger partial charge < -0.3 is 10.2 Å². The van der Waals surface area contributed by atoms with Gasteiger partial charge in [0.15, 0.2) is 0 Å². The van der Waals surface area contributed by atoms with E-state index in [1.165, 1.54) is 4.90 Å². The molecule has 0 aromatic rings. The second kappa shape index (κ2) is 6.89. The van der Waals surface area contributed by atoms with E-state index in [1.54, 1.807) is 20.8 Å². The standard InChI is InChI=1S/C12H21N3O2/c1-5-12(4,9-13)11(17)15(7-3)8-10(16)14-6-2/h5-8H2,1-4H3,(H,14,16). The molecule has 0 aromatic heterocycles. The van der Waals surface area contributed by atoms with Crippen LogP contribution in [0.2, 0.25) is 0 Å². The topological polar surface area (TPSA) is 73.2 Å². The third kappa shape index (κ3) is 4.06. The van der Waals surface area contributed by atoms with Crippen LogP contribution in [-0.2, 0) is 9.59 Å². The van der Waals surface area contributed by atoms with Crippen LogP contribution >= 0.6 is 0 Å². The summed E-state index contributed by atoms with van der Waals surface area (Å²) in [6, 6.07) is 2.03. The Bertz CT molecular complexity index is 322. The highest BCUT2D eigenvalue weighted by Gasteiger charge is 2.35. The molecule has 0 aliphatic carbocycles. The molecule has 1 N–H and O–H groups in total. The van der Waals surface area contributed by atoms with Crippen molar-refractivity contribution in [2.24, 2.45) is 5.41 Å². The van der Waals surface area contributed by atoms with Crippen LogP contribution in [0.5, 0.6) is 0 Å². The van der Waals surface area contributed by atoms with Gasteiger partial charge >= 0.3 is 0 Å². The van der Waals surface area contributed by atoms with Crippen LogP contribution in [-0.4, -0.2) is 36.3 Å². The lowest BCUT2D eigenvalue weighted by Gasteiger charge is -2.27. The van der Waals surface area contributed by atoms with Crippen LogP contribution < -0.4 is 5.32 Å². The van der Waals surface area contributed by atoms with Crippen LogP contribution in [0.15, 0.2) is 0 Å². The van der Waals surface area contributed by atoms with Crippen molar-refractivity contribution < 1.29 is 9.59 Å². The van der Waals surface area contributed by atoms with Crippen LogP contribution in [0.3, 0.4) is 0 Å². The van der Waals surface area contributed by atoms with Gasteiger partial charge in [0.05, 0.1) is 12.6 Å². The van der Waals surface area contributed by atoms with Gasteiger partial charge in [0.2, 0.25) is 11.8 Å². The molecule has 1 unspecified atom stereocenters. The van der Waals surface area contributed by atoms with Gasteiger partial charge in [0.1, 0.15) is 5.41 Å². The summed E-state index contributed by atoms with van der Waals surface area (Å²) < 4.78 is 0. The lowest BCUT2D eigenvalue weighted by Crippen LogP contribution is -2.46. The molecule has 17 heavy (non-hydrogen) atoms. The lowest BCUT2D eigenvalue weighted by molar-refractivity contribution is -0.141. The molecule has 5 nitrogen and oxygen atoms in total. The average molecular weight is 239 g/mol. The third-order valence-electron chi connectivity index (χ3n) is 2.80. The van der Waals surface area contributed by atoms with Crippen molar-refractivity contribution in [3.05, 3.63) is 0 Å². The number of hydrogen-bond acceptors (Lipinski definition) is 3. The Morgan fingerprint density at radius 2 is 1.94 bits per heavy atom. The molecule has 96 valence electrons. The molecule has 1 atom stereocenters. The minimum Gasteiger partial charge on any atom is -0.355 e. The molecular weight excluding hydrogens is 218 g/mol. The number of nitrogens with one attached hydrogen (secondary N) is 1. The first-order valence-electron chi connectivity index (χ1n) is 5.92. The molecule has 0 aliphatic heterocycles. The summed E-state index contributed by atoms with van der Waals surface area (Å²) in [5.74, 6) is -0.477. The minimum atomic E-state index is -1.04. The first-order valence-corrected chi connectivity index (χ1v) is 5.92. The second-order valence-electron chi connectivity index (χ2n) is 4.07. The Balaban J connectivity index is 4.73. The fourth-order valence-corrected chi connectivity index (χ4v) is 1.38. The van der Waals surface area contributed by atoms with E-state index < -0.39 is 5.41 Å². The van der Waals surface area contributed by atoms with Gasteiger partial charge in [-0.3, -0.25) is 9.59 Å². The Morgan fingerprint density at radius 1 is 1.35 bits per heavy atom. The van der Waals surface area contributed by atoms with Crippen LogP contribution in [0.4, 0.5) is 0 Å². The molecule has 0 radical (unpaired) electrons. The van der Waals surface area contributed by atoms with Crippen molar-refractivity contribution in [2.75, 3.05) is 19.6 Å². The molecule has 2 amide bonds. The third-order valence-corrected chi connectivity index (χ3v) is 2.80. The van der Waals surface area contributed by atoms with E-state index >= 15 is 0 Å². The Morgan fingerprint density at radius 3 is 2.29 bits per heavy atom. The largest absolute Gasteiger partial charge is 0.355 e. The quantitative estimate of drug-likeness (QED) is 0.748. The maximum Gasteiger partial charge on any atom is 0.243 e. The maximum absolute atomic E-state index is 12.1. The number of likely N-dealkylation sites (N-methyl/N-ethyl adjacent to an activating group) is 2. The summed E-state index contributed by atoms with van der Waals surface area (Å²) in [5.41, 5.74) is -1.04. The molecule has 0 aromatic carbocycles. The van der Waals surface area contributed by atoms with Gasteiger partial charge in [-0.1, -0.05) is 6.92 Å². The molecule has 0 fully saturated rings. The zero-order chi connectivity index (χ0) is 13.5. The second-order valence-corrected chi connectivity index (χ2v) is 4.07. The highest BCUT2D eigenvalue weighted by Crippen LogP contribution is 2.22. The van der Waals surface area contributed by atoms with E-state index in [4.69, 9.17) is 5.26 Å². The minimum absolute atomic E-state index is 0.0143. The molecule has 0 heterocycles. The van der Waals surface area contributed by atoms with Crippen molar-refractivity contribution in [3.8, 4) is 6.07 Å². The molecular formula is C12H21N3O2. The molecule has 0 saturated heterocycles. The summed E-state index contributed by atoms with van der Waals surface area (Å²) in [6.45, 7) is 7.99. The molecule has 0 saturated carbocycles. The van der Waals surface area contributed by atoms with E-state index in [1.807, 2.05) is 13.0 Å². The Kier molecular flexibility index (Phi) is 6.26. The lowest BCUT2D eigenvalue weighted by atomic mass is 9.87. The monoisotopic (exact) mass is 239 g/mol. The van der Waals surface area contributed by atoms with E-state index in [0.717, 1.165) is 0 Å². The van der Waals surface area contributed by atoms with E-state index in [0.29, 0.717) is 19.5 Å². The fourth-order valence-electron chi connectivity index (χ4n) is 1.38. The first-order chi connectivity index (χ1) is 7.95. The highest BCUT2D eigenvalue weighted by molar-refractivity contribution is 5.89. The number of hydrogen-bond donors (Lipinski definition) is 1. The number of rotatable bonds is 6. The van der Waals surface area contributed by atoms with Crippen LogP contribution in [0, 0.1) is 16.7 Å². The Labute approximate surface area is 103 Å². The highest BCUT2D eigenvalue weighted by atomic mass is 16.2. The van der Waals surface area contributed by atoms with Crippen molar-refractivity contribution >= 4 is 11.8 Å². The normalized spacial score (nSPS) is 13.4. The summed E-state index contributed by atoms with van der Waals surface area (Å²) in [5, 5.41) is 11.7. The molecule has 0 aliphatic rings. The maximum atomic E-state index is 12.1. The smallest absolute Gasteiger partial charge is 0.243 e. The van der Waals surface area contributed by atoms with Gasteiger partial charge in [0.25, 0.3) is 0 Å². The summed E-state index contributed by atoms with van der Waals surface area (Å²) in [6.07, 6.45) is 0.439. The molecule has 0 bridgehead atoms. The number of amides is 2. The molecule has 0 rings (SSSR count). The van der Waals surface area contributed by atoms with E-state index in [9.17, 15) is 9.59 Å². The van der Waals surface area contributed by atoms with Crippen molar-refractivity contribution in [3.63, 3.8) is 0 Å². The SMILES string of the molecule is CCNC(=O)CN(CC)C(=O)C(C)(C#N)CC. The predicted octanol–water partition coefficient (Wildman–Crippen LogP) is 0.911. The van der Waals surface area contributed by atoms with E-state index in [-0.39, 0.29) is 18.4 Å². The number of nitrogens with zero attached hydrogens (tertiary/aromatic N) is 2. The summed E-state index contributed by atoms with van der Waals surface area (Å²) >= 11 is 0. The summed E-state index contributed by atoms with van der Waals surface area (Å²) in [4.78, 5) is 25.0. The van der Waals surface area contributed by atoms with E-state index in [2.05, 4.69) is 5.32 Å². The van der Waals surface area contributed by atoms with Gasteiger partial charge in [0, 0.05) is 13.1 Å². The van der Waals surface area contributed by atoms with Crippen molar-refractivity contribution in [1.29, 1.82) is 5.26 Å². The predicted molar refractivity (Wildman–Crippen MR) is 64.9 cm³/mol. The van der Waals surface area contributed by atoms with Gasteiger partial charge in [-0.2, -0.15) is 5.26 Å². The fraction of sp³-hybridized carbons (Fsp3) is 0.750. The summed E-state index contributed by atoms with van der Waals surface area (Å²) in [7, 11) is 0. The van der Waals surface area contributed by atoms with Crippen LogP contribution in [0.25, 0.3) is 0 Å². The number of carbonyl (C=O) groups is 2. The van der Waals surface area contributed by atoms with Crippen molar-refractivity contribution in [1.82, 2.24) is 10.2 Å². The average Bonchev–Trinajstić information content (AvgIpc) is 2.34. The number of carbonyl (C=O) groups excluding carboxylic acids is 2. The molecule has 5 heteroatoms. The van der Waals surface area contributed by atoms with Crippen LogP contribution in [0.1, 0.15) is 34.1 Å². The van der Waals surface area contributed by atoms with Gasteiger partial charge in [-0.25, -0.2) is 0 Å². The van der Waals surface area contributed by atoms with Crippen molar-refractivity contribution in [2.45, 2.75) is 34.1 Å². The zero-order valence-electron chi connectivity index (χ0n) is 11.0. The Hall–Kier alpha value is -1.57. The zero-order valence-corrected chi connectivity index (χ0v) is 11.0. The van der Waals surface area contributed by atoms with Gasteiger partial charge in [-0.15, -0.1) is 0 Å². The number of nitriles is 1. The molecule has 0 spiro atoms. The first kappa shape index (κ1) is 15.4.